The number of carbonyl (C=O) groups is 1. The number of piperidine rings is 1. The fraction of sp³-hybridized carbons (Fsp3) is 0.625. The lowest BCUT2D eigenvalue weighted by molar-refractivity contribution is 0.0925. The molecule has 2 unspecified atom stereocenters. The van der Waals surface area contributed by atoms with E-state index < -0.39 is 10.0 Å². The molecule has 1 amide bonds. The zero-order valence-electron chi connectivity index (χ0n) is 19.4. The number of carbonyl (C=O) groups excluding carboxylic acids is 1. The van der Waals surface area contributed by atoms with Gasteiger partial charge in [0.15, 0.2) is 5.76 Å². The van der Waals surface area contributed by atoms with Crippen molar-refractivity contribution in [3.63, 3.8) is 0 Å². The van der Waals surface area contributed by atoms with E-state index >= 15 is 0 Å². The summed E-state index contributed by atoms with van der Waals surface area (Å²) in [4.78, 5) is 15.4. The number of hydrogen-bond donors (Lipinski definition) is 1. The highest BCUT2D eigenvalue weighted by Gasteiger charge is 2.32. The Labute approximate surface area is 191 Å². The van der Waals surface area contributed by atoms with Crippen molar-refractivity contribution in [2.75, 3.05) is 39.3 Å². The largest absolute Gasteiger partial charge is 0.451 e. The standard InChI is InChI=1S/C24H35N3O4S/c1-17-13-18(2)16-27(15-17)32(29,30)20-7-8-22-21(14-20)19(3)23(31-22)24(28)25-9-6-12-26-10-4-5-11-26/h7-8,14,17-18H,4-6,9-13,15-16H2,1-3H3,(H,25,28). The van der Waals surface area contributed by atoms with Gasteiger partial charge in [0.25, 0.3) is 5.91 Å². The summed E-state index contributed by atoms with van der Waals surface area (Å²) in [6.45, 7) is 11.0. The molecule has 2 aromatic rings. The Morgan fingerprint density at radius 3 is 2.53 bits per heavy atom. The predicted octanol–water partition coefficient (Wildman–Crippen LogP) is 3.62. The molecule has 3 heterocycles. The summed E-state index contributed by atoms with van der Waals surface area (Å²) in [5.74, 6) is 0.696. The lowest BCUT2D eigenvalue weighted by Crippen LogP contribution is -2.42. The third kappa shape index (κ3) is 4.87. The van der Waals surface area contributed by atoms with Crippen molar-refractivity contribution in [2.24, 2.45) is 11.8 Å². The van der Waals surface area contributed by atoms with Crippen LogP contribution in [0.2, 0.25) is 0 Å². The first-order valence-corrected chi connectivity index (χ1v) is 13.2. The third-order valence-corrected chi connectivity index (χ3v) is 8.55. The molecule has 2 aliphatic heterocycles. The predicted molar refractivity (Wildman–Crippen MR) is 125 cm³/mol. The summed E-state index contributed by atoms with van der Waals surface area (Å²) in [7, 11) is -3.59. The summed E-state index contributed by atoms with van der Waals surface area (Å²) in [6, 6.07) is 4.90. The number of nitrogens with zero attached hydrogens (tertiary/aromatic N) is 2. The number of benzene rings is 1. The minimum atomic E-state index is -3.59. The summed E-state index contributed by atoms with van der Waals surface area (Å²) in [6.07, 6.45) is 4.47. The van der Waals surface area contributed by atoms with Gasteiger partial charge in [-0.05, 0) is 82.3 Å². The lowest BCUT2D eigenvalue weighted by Gasteiger charge is -2.34. The van der Waals surface area contributed by atoms with Gasteiger partial charge < -0.3 is 14.6 Å². The second-order valence-electron chi connectivity index (χ2n) is 9.64. The van der Waals surface area contributed by atoms with E-state index in [1.165, 1.54) is 12.8 Å². The van der Waals surface area contributed by atoms with Crippen LogP contribution in [-0.4, -0.2) is 62.8 Å². The van der Waals surface area contributed by atoms with Crippen molar-refractivity contribution in [1.29, 1.82) is 0 Å². The molecule has 0 spiro atoms. The van der Waals surface area contributed by atoms with Crippen molar-refractivity contribution in [3.05, 3.63) is 29.5 Å². The van der Waals surface area contributed by atoms with E-state index in [0.29, 0.717) is 48.0 Å². The van der Waals surface area contributed by atoms with Gasteiger partial charge in [-0.15, -0.1) is 0 Å². The topological polar surface area (TPSA) is 82.9 Å². The number of rotatable bonds is 7. The molecule has 2 fully saturated rings. The van der Waals surface area contributed by atoms with Crippen LogP contribution in [0.4, 0.5) is 0 Å². The van der Waals surface area contributed by atoms with Crippen molar-refractivity contribution >= 4 is 26.9 Å². The summed E-state index contributed by atoms with van der Waals surface area (Å²) < 4.78 is 33.9. The molecule has 2 atom stereocenters. The second-order valence-corrected chi connectivity index (χ2v) is 11.6. The monoisotopic (exact) mass is 461 g/mol. The van der Waals surface area contributed by atoms with Crippen LogP contribution in [0.25, 0.3) is 11.0 Å². The number of hydrogen-bond acceptors (Lipinski definition) is 5. The number of likely N-dealkylation sites (tertiary alicyclic amines) is 1. The zero-order valence-corrected chi connectivity index (χ0v) is 20.2. The van der Waals surface area contributed by atoms with Crippen LogP contribution in [0.15, 0.2) is 27.5 Å². The molecule has 0 radical (unpaired) electrons. The van der Waals surface area contributed by atoms with Gasteiger partial charge in [-0.25, -0.2) is 8.42 Å². The molecule has 2 aliphatic rings. The quantitative estimate of drug-likeness (QED) is 0.637. The highest BCUT2D eigenvalue weighted by Crippen LogP contribution is 2.31. The van der Waals surface area contributed by atoms with Crippen molar-refractivity contribution in [2.45, 2.75) is 51.3 Å². The average Bonchev–Trinajstić information content (AvgIpc) is 3.38. The molecule has 4 rings (SSSR count). The highest BCUT2D eigenvalue weighted by molar-refractivity contribution is 7.89. The van der Waals surface area contributed by atoms with E-state index in [4.69, 9.17) is 4.42 Å². The van der Waals surface area contributed by atoms with Gasteiger partial charge in [0.1, 0.15) is 5.58 Å². The Hall–Kier alpha value is -1.90. The number of aryl methyl sites for hydroxylation is 1. The normalized spacial score (nSPS) is 23.1. The first kappa shape index (κ1) is 23.3. The van der Waals surface area contributed by atoms with Crippen LogP contribution in [0.5, 0.6) is 0 Å². The van der Waals surface area contributed by atoms with Crippen LogP contribution >= 0.6 is 0 Å². The maximum atomic E-state index is 13.3. The van der Waals surface area contributed by atoms with Crippen molar-refractivity contribution in [3.8, 4) is 0 Å². The van der Waals surface area contributed by atoms with Crippen molar-refractivity contribution < 1.29 is 17.6 Å². The second kappa shape index (κ2) is 9.53. The number of fused-ring (bicyclic) bond motifs is 1. The van der Waals surface area contributed by atoms with Gasteiger partial charge in [-0.2, -0.15) is 4.31 Å². The molecule has 8 heteroatoms. The fourth-order valence-corrected chi connectivity index (χ4v) is 6.83. The first-order valence-electron chi connectivity index (χ1n) is 11.8. The Morgan fingerprint density at radius 1 is 1.16 bits per heavy atom. The first-order chi connectivity index (χ1) is 15.3. The van der Waals surface area contributed by atoms with Gasteiger partial charge in [0.05, 0.1) is 4.90 Å². The van der Waals surface area contributed by atoms with E-state index in [2.05, 4.69) is 24.1 Å². The van der Waals surface area contributed by atoms with E-state index in [1.54, 1.807) is 22.5 Å². The van der Waals surface area contributed by atoms with Crippen LogP contribution in [-0.2, 0) is 10.0 Å². The van der Waals surface area contributed by atoms with Crippen molar-refractivity contribution in [1.82, 2.24) is 14.5 Å². The van der Waals surface area contributed by atoms with E-state index in [-0.39, 0.29) is 16.6 Å². The van der Waals surface area contributed by atoms with Gasteiger partial charge in [-0.1, -0.05) is 13.8 Å². The Balaban J connectivity index is 1.47. The minimum absolute atomic E-state index is 0.247. The summed E-state index contributed by atoms with van der Waals surface area (Å²) >= 11 is 0. The van der Waals surface area contributed by atoms with Crippen LogP contribution in [0.1, 0.15) is 55.6 Å². The van der Waals surface area contributed by atoms with Gasteiger partial charge in [0.2, 0.25) is 10.0 Å². The molecule has 1 aromatic heterocycles. The van der Waals surface area contributed by atoms with E-state index in [0.717, 1.165) is 32.5 Å². The van der Waals surface area contributed by atoms with Crippen LogP contribution in [0, 0.1) is 18.8 Å². The molecular formula is C24H35N3O4S. The Morgan fingerprint density at radius 2 is 1.84 bits per heavy atom. The molecule has 176 valence electrons. The molecule has 1 aromatic carbocycles. The van der Waals surface area contributed by atoms with Gasteiger partial charge >= 0.3 is 0 Å². The summed E-state index contributed by atoms with van der Waals surface area (Å²) in [5.41, 5.74) is 1.21. The number of furan rings is 1. The number of amides is 1. The molecule has 1 N–H and O–H groups in total. The Bertz CT molecular complexity index is 1060. The summed E-state index contributed by atoms with van der Waals surface area (Å²) in [5, 5.41) is 3.62. The molecular weight excluding hydrogens is 426 g/mol. The molecule has 0 bridgehead atoms. The average molecular weight is 462 g/mol. The third-order valence-electron chi connectivity index (χ3n) is 6.72. The van der Waals surface area contributed by atoms with Gasteiger partial charge in [-0.3, -0.25) is 4.79 Å². The van der Waals surface area contributed by atoms with Gasteiger partial charge in [0, 0.05) is 30.6 Å². The van der Waals surface area contributed by atoms with E-state index in [9.17, 15) is 13.2 Å². The minimum Gasteiger partial charge on any atom is -0.451 e. The highest BCUT2D eigenvalue weighted by atomic mass is 32.2. The SMILES string of the molecule is Cc1c(C(=O)NCCCN2CCCC2)oc2ccc(S(=O)(=O)N3CC(C)CC(C)C3)cc12. The van der Waals surface area contributed by atoms with Crippen LogP contribution < -0.4 is 5.32 Å². The lowest BCUT2D eigenvalue weighted by atomic mass is 9.94. The van der Waals surface area contributed by atoms with Crippen LogP contribution in [0.3, 0.4) is 0 Å². The maximum absolute atomic E-state index is 13.3. The molecule has 0 aliphatic carbocycles. The Kier molecular flexibility index (Phi) is 6.93. The molecule has 32 heavy (non-hydrogen) atoms. The molecule has 7 nitrogen and oxygen atoms in total. The maximum Gasteiger partial charge on any atom is 0.287 e. The smallest absolute Gasteiger partial charge is 0.287 e. The molecule has 2 saturated heterocycles. The zero-order chi connectivity index (χ0) is 22.9. The number of sulfonamides is 1. The van der Waals surface area contributed by atoms with E-state index in [1.807, 2.05) is 6.92 Å². The number of nitrogens with one attached hydrogen (secondary N) is 1. The molecule has 0 saturated carbocycles. The fourth-order valence-electron chi connectivity index (χ4n) is 5.12.